The van der Waals surface area contributed by atoms with Crippen molar-refractivity contribution in [3.63, 3.8) is 0 Å². The number of aliphatic hydroxyl groups is 1. The maximum absolute atomic E-state index is 9.41. The number of aromatic nitrogens is 2. The number of hydrogen-bond donors (Lipinski definition) is 2. The van der Waals surface area contributed by atoms with E-state index in [4.69, 9.17) is 0 Å². The minimum atomic E-state index is 0.00219. The van der Waals surface area contributed by atoms with Gasteiger partial charge in [-0.1, -0.05) is 13.8 Å². The van der Waals surface area contributed by atoms with Crippen LogP contribution in [0.5, 0.6) is 0 Å². The van der Waals surface area contributed by atoms with E-state index in [0.29, 0.717) is 6.54 Å². The maximum Gasteiger partial charge on any atom is 0.0724 e. The Balaban J connectivity index is 2.39. The van der Waals surface area contributed by atoms with Gasteiger partial charge in [0.2, 0.25) is 0 Å². The first kappa shape index (κ1) is 13.1. The lowest BCUT2D eigenvalue weighted by Crippen LogP contribution is -2.36. The van der Waals surface area contributed by atoms with E-state index in [1.165, 1.54) is 0 Å². The predicted molar refractivity (Wildman–Crippen MR) is 63.8 cm³/mol. The Morgan fingerprint density at radius 1 is 1.31 bits per heavy atom. The molecular formula is C12H21N3O. The Hall–Kier alpha value is -1.00. The van der Waals surface area contributed by atoms with Crippen LogP contribution in [0.15, 0.2) is 18.6 Å². The van der Waals surface area contributed by atoms with Crippen LogP contribution in [-0.4, -0.2) is 28.2 Å². The van der Waals surface area contributed by atoms with Crippen LogP contribution in [0.2, 0.25) is 0 Å². The number of nitrogens with one attached hydrogen (secondary N) is 1. The third-order valence-electron chi connectivity index (χ3n) is 3.26. The molecule has 4 heteroatoms. The second kappa shape index (κ2) is 6.55. The zero-order valence-electron chi connectivity index (χ0n) is 10.1. The van der Waals surface area contributed by atoms with Crippen molar-refractivity contribution in [2.75, 3.05) is 13.2 Å². The summed E-state index contributed by atoms with van der Waals surface area (Å²) in [6.45, 7) is 5.98. The molecule has 1 heterocycles. The Morgan fingerprint density at radius 2 is 2.06 bits per heavy atom. The van der Waals surface area contributed by atoms with Gasteiger partial charge < -0.3 is 10.4 Å². The van der Waals surface area contributed by atoms with Gasteiger partial charge in [-0.2, -0.15) is 0 Å². The molecule has 90 valence electrons. The molecule has 0 aliphatic heterocycles. The molecule has 0 unspecified atom stereocenters. The highest BCUT2D eigenvalue weighted by molar-refractivity contribution is 4.94. The molecule has 0 aliphatic rings. The van der Waals surface area contributed by atoms with Crippen LogP contribution in [0.1, 0.15) is 32.4 Å². The van der Waals surface area contributed by atoms with Crippen LogP contribution in [-0.2, 0) is 6.54 Å². The van der Waals surface area contributed by atoms with Crippen molar-refractivity contribution in [3.8, 4) is 0 Å². The fourth-order valence-corrected chi connectivity index (χ4v) is 1.66. The van der Waals surface area contributed by atoms with Crippen LogP contribution >= 0.6 is 0 Å². The largest absolute Gasteiger partial charge is 0.396 e. The maximum atomic E-state index is 9.41. The molecule has 16 heavy (non-hydrogen) atoms. The molecule has 0 saturated carbocycles. The number of aliphatic hydroxyl groups excluding tert-OH is 1. The highest BCUT2D eigenvalue weighted by Crippen LogP contribution is 2.24. The molecule has 0 aliphatic carbocycles. The summed E-state index contributed by atoms with van der Waals surface area (Å²) in [4.78, 5) is 8.20. The SMILES string of the molecule is CCC(CC)(CO)CNCc1cnccn1. The highest BCUT2D eigenvalue weighted by atomic mass is 16.3. The van der Waals surface area contributed by atoms with E-state index in [1.54, 1.807) is 18.6 Å². The van der Waals surface area contributed by atoms with Crippen LogP contribution < -0.4 is 5.32 Å². The van der Waals surface area contributed by atoms with Crippen molar-refractivity contribution in [2.45, 2.75) is 33.2 Å². The van der Waals surface area contributed by atoms with Crippen molar-refractivity contribution in [2.24, 2.45) is 5.41 Å². The third kappa shape index (κ3) is 3.54. The Labute approximate surface area is 97.1 Å². The van der Waals surface area contributed by atoms with E-state index in [1.807, 2.05) is 0 Å². The molecule has 0 aromatic carbocycles. The average Bonchev–Trinajstić information content (AvgIpc) is 2.37. The minimum Gasteiger partial charge on any atom is -0.396 e. The third-order valence-corrected chi connectivity index (χ3v) is 3.26. The molecule has 1 aromatic rings. The van der Waals surface area contributed by atoms with Gasteiger partial charge in [0.15, 0.2) is 0 Å². The molecule has 0 atom stereocenters. The quantitative estimate of drug-likeness (QED) is 0.733. The molecule has 0 amide bonds. The standard InChI is InChI=1S/C12H21N3O/c1-3-12(4-2,10-16)9-14-8-11-7-13-5-6-15-11/h5-7,14,16H,3-4,8-10H2,1-2H3. The first-order chi connectivity index (χ1) is 7.76. The van der Waals surface area contributed by atoms with E-state index >= 15 is 0 Å². The monoisotopic (exact) mass is 223 g/mol. The van der Waals surface area contributed by atoms with Crippen molar-refractivity contribution >= 4 is 0 Å². The van der Waals surface area contributed by atoms with Gasteiger partial charge in [0.05, 0.1) is 5.69 Å². The second-order valence-electron chi connectivity index (χ2n) is 4.17. The van der Waals surface area contributed by atoms with Gasteiger partial charge in [-0.25, -0.2) is 0 Å². The Bertz CT molecular complexity index is 277. The van der Waals surface area contributed by atoms with E-state index in [9.17, 15) is 5.11 Å². The number of rotatable bonds is 7. The topological polar surface area (TPSA) is 58.0 Å². The molecule has 0 spiro atoms. The molecule has 2 N–H and O–H groups in total. The zero-order chi connectivity index (χ0) is 11.9. The van der Waals surface area contributed by atoms with E-state index in [2.05, 4.69) is 29.1 Å². The summed E-state index contributed by atoms with van der Waals surface area (Å²) in [6, 6.07) is 0. The fourth-order valence-electron chi connectivity index (χ4n) is 1.66. The van der Waals surface area contributed by atoms with Gasteiger partial charge in [-0.3, -0.25) is 9.97 Å². The van der Waals surface area contributed by atoms with Gasteiger partial charge in [-0.05, 0) is 12.8 Å². The summed E-state index contributed by atoms with van der Waals surface area (Å²) >= 11 is 0. The summed E-state index contributed by atoms with van der Waals surface area (Å²) in [5, 5.41) is 12.7. The first-order valence-electron chi connectivity index (χ1n) is 5.83. The summed E-state index contributed by atoms with van der Waals surface area (Å²) in [5.74, 6) is 0. The normalized spacial score (nSPS) is 11.7. The van der Waals surface area contributed by atoms with Crippen molar-refractivity contribution in [1.29, 1.82) is 0 Å². The van der Waals surface area contributed by atoms with E-state index in [0.717, 1.165) is 25.1 Å². The molecule has 0 bridgehead atoms. The summed E-state index contributed by atoms with van der Waals surface area (Å²) in [5.41, 5.74) is 0.934. The van der Waals surface area contributed by atoms with E-state index in [-0.39, 0.29) is 12.0 Å². The predicted octanol–water partition coefficient (Wildman–Crippen LogP) is 1.36. The summed E-state index contributed by atoms with van der Waals surface area (Å²) in [7, 11) is 0. The van der Waals surface area contributed by atoms with Crippen LogP contribution in [0.3, 0.4) is 0 Å². The lowest BCUT2D eigenvalue weighted by atomic mass is 9.83. The molecule has 1 rings (SSSR count). The second-order valence-corrected chi connectivity index (χ2v) is 4.17. The van der Waals surface area contributed by atoms with Gasteiger partial charge in [0, 0.05) is 43.7 Å². The summed E-state index contributed by atoms with van der Waals surface area (Å²) < 4.78 is 0. The van der Waals surface area contributed by atoms with E-state index < -0.39 is 0 Å². The molecule has 0 radical (unpaired) electrons. The lowest BCUT2D eigenvalue weighted by molar-refractivity contribution is 0.113. The fraction of sp³-hybridized carbons (Fsp3) is 0.667. The summed E-state index contributed by atoms with van der Waals surface area (Å²) in [6.07, 6.45) is 7.07. The van der Waals surface area contributed by atoms with Crippen LogP contribution in [0.4, 0.5) is 0 Å². The molecule has 1 aromatic heterocycles. The zero-order valence-corrected chi connectivity index (χ0v) is 10.1. The van der Waals surface area contributed by atoms with Crippen molar-refractivity contribution in [3.05, 3.63) is 24.3 Å². The first-order valence-corrected chi connectivity index (χ1v) is 5.83. The van der Waals surface area contributed by atoms with Gasteiger partial charge in [0.25, 0.3) is 0 Å². The number of nitrogens with zero attached hydrogens (tertiary/aromatic N) is 2. The number of hydrogen-bond acceptors (Lipinski definition) is 4. The van der Waals surface area contributed by atoms with Crippen molar-refractivity contribution in [1.82, 2.24) is 15.3 Å². The molecular weight excluding hydrogens is 202 g/mol. The van der Waals surface area contributed by atoms with Gasteiger partial charge in [-0.15, -0.1) is 0 Å². The molecule has 4 nitrogen and oxygen atoms in total. The van der Waals surface area contributed by atoms with Crippen LogP contribution in [0, 0.1) is 5.41 Å². The minimum absolute atomic E-state index is 0.00219. The average molecular weight is 223 g/mol. The smallest absolute Gasteiger partial charge is 0.0724 e. The molecule has 0 saturated heterocycles. The molecule has 0 fully saturated rings. The van der Waals surface area contributed by atoms with Gasteiger partial charge in [0.1, 0.15) is 0 Å². The lowest BCUT2D eigenvalue weighted by Gasteiger charge is -2.29. The van der Waals surface area contributed by atoms with Crippen molar-refractivity contribution < 1.29 is 5.11 Å². The highest BCUT2D eigenvalue weighted by Gasteiger charge is 2.24. The Kier molecular flexibility index (Phi) is 5.35. The van der Waals surface area contributed by atoms with Crippen LogP contribution in [0.25, 0.3) is 0 Å². The Morgan fingerprint density at radius 3 is 2.56 bits per heavy atom. The van der Waals surface area contributed by atoms with Gasteiger partial charge >= 0.3 is 0 Å².